The van der Waals surface area contributed by atoms with Gasteiger partial charge in [0.05, 0.1) is 24.0 Å². The van der Waals surface area contributed by atoms with Crippen molar-refractivity contribution in [3.05, 3.63) is 23.8 Å². The number of anilines is 2. The highest BCUT2D eigenvalue weighted by molar-refractivity contribution is 5.98. The highest BCUT2D eigenvalue weighted by Gasteiger charge is 2.32. The molecule has 92 valence electrons. The number of esters is 1. The molecule has 0 radical (unpaired) electrons. The predicted octanol–water partition coefficient (Wildman–Crippen LogP) is 2.41. The third-order valence-electron chi connectivity index (χ3n) is 3.40. The number of hydrogen-bond acceptors (Lipinski definition) is 4. The van der Waals surface area contributed by atoms with E-state index in [0.717, 1.165) is 18.5 Å². The third kappa shape index (κ3) is 2.20. The van der Waals surface area contributed by atoms with Crippen LogP contribution in [0.1, 0.15) is 36.5 Å². The first-order chi connectivity index (χ1) is 8.06. The van der Waals surface area contributed by atoms with Gasteiger partial charge in [-0.2, -0.15) is 0 Å². The summed E-state index contributed by atoms with van der Waals surface area (Å²) < 4.78 is 4.70. The number of ether oxygens (including phenoxy) is 1. The minimum atomic E-state index is -0.398. The van der Waals surface area contributed by atoms with Gasteiger partial charge >= 0.3 is 5.97 Å². The van der Waals surface area contributed by atoms with E-state index in [9.17, 15) is 4.79 Å². The molecule has 17 heavy (non-hydrogen) atoms. The Labute approximate surface area is 101 Å². The number of carbonyl (C=O) groups excluding carboxylic acids is 1. The molecule has 1 aliphatic rings. The summed E-state index contributed by atoms with van der Waals surface area (Å²) in [7, 11) is 1.36. The lowest BCUT2D eigenvalue weighted by Gasteiger charge is -2.40. The van der Waals surface area contributed by atoms with Gasteiger partial charge in [0.25, 0.3) is 0 Å². The van der Waals surface area contributed by atoms with Crippen LogP contribution in [0.2, 0.25) is 0 Å². The topological polar surface area (TPSA) is 64.3 Å². The molecule has 4 heteroatoms. The largest absolute Gasteiger partial charge is 0.465 e. The van der Waals surface area contributed by atoms with Crippen molar-refractivity contribution in [2.45, 2.75) is 31.7 Å². The van der Waals surface area contributed by atoms with Crippen molar-refractivity contribution in [1.82, 2.24) is 0 Å². The summed E-state index contributed by atoms with van der Waals surface area (Å²) in [6, 6.07) is 5.38. The summed E-state index contributed by atoms with van der Waals surface area (Å²) in [5.74, 6) is -0.398. The highest BCUT2D eigenvalue weighted by Crippen LogP contribution is 2.36. The van der Waals surface area contributed by atoms with Crippen LogP contribution in [0.3, 0.4) is 0 Å². The number of nitrogens with two attached hydrogens (primary N) is 1. The van der Waals surface area contributed by atoms with Crippen LogP contribution < -0.4 is 11.1 Å². The van der Waals surface area contributed by atoms with E-state index in [4.69, 9.17) is 10.5 Å². The van der Waals surface area contributed by atoms with Crippen LogP contribution in [-0.2, 0) is 4.74 Å². The summed E-state index contributed by atoms with van der Waals surface area (Å²) in [6.07, 6.45) is 3.50. The van der Waals surface area contributed by atoms with Gasteiger partial charge in [0, 0.05) is 5.54 Å². The van der Waals surface area contributed by atoms with Gasteiger partial charge in [-0.1, -0.05) is 6.07 Å². The molecule has 0 saturated heterocycles. The molecule has 1 aromatic carbocycles. The van der Waals surface area contributed by atoms with Crippen LogP contribution in [0.15, 0.2) is 18.2 Å². The Hall–Kier alpha value is -1.71. The molecule has 0 aromatic heterocycles. The number of nitrogen functional groups attached to an aromatic ring is 1. The highest BCUT2D eigenvalue weighted by atomic mass is 16.5. The van der Waals surface area contributed by atoms with Crippen molar-refractivity contribution < 1.29 is 9.53 Å². The average Bonchev–Trinajstić information content (AvgIpc) is 2.29. The van der Waals surface area contributed by atoms with E-state index in [-0.39, 0.29) is 5.54 Å². The van der Waals surface area contributed by atoms with Gasteiger partial charge in [-0.15, -0.1) is 0 Å². The van der Waals surface area contributed by atoms with Gasteiger partial charge in [0.15, 0.2) is 0 Å². The first-order valence-electron chi connectivity index (χ1n) is 5.81. The molecule has 0 atom stereocenters. The van der Waals surface area contributed by atoms with Gasteiger partial charge in [0.2, 0.25) is 0 Å². The van der Waals surface area contributed by atoms with Crippen molar-refractivity contribution in [3.63, 3.8) is 0 Å². The molecule has 2 rings (SSSR count). The Kier molecular flexibility index (Phi) is 2.96. The van der Waals surface area contributed by atoms with Gasteiger partial charge in [-0.25, -0.2) is 4.79 Å². The predicted molar refractivity (Wildman–Crippen MR) is 68.1 cm³/mol. The summed E-state index contributed by atoms with van der Waals surface area (Å²) in [5, 5.41) is 3.41. The molecular weight excluding hydrogens is 216 g/mol. The van der Waals surface area contributed by atoms with Crippen molar-refractivity contribution in [3.8, 4) is 0 Å². The minimum absolute atomic E-state index is 0.114. The van der Waals surface area contributed by atoms with Crippen LogP contribution in [0.5, 0.6) is 0 Å². The lowest BCUT2D eigenvalue weighted by atomic mass is 9.78. The van der Waals surface area contributed by atoms with Gasteiger partial charge in [-0.3, -0.25) is 0 Å². The van der Waals surface area contributed by atoms with Crippen molar-refractivity contribution in [2.75, 3.05) is 18.2 Å². The summed E-state index contributed by atoms with van der Waals surface area (Å²) in [6.45, 7) is 2.17. The van der Waals surface area contributed by atoms with Gasteiger partial charge < -0.3 is 15.8 Å². The molecule has 1 aliphatic carbocycles. The first-order valence-corrected chi connectivity index (χ1v) is 5.81. The van der Waals surface area contributed by atoms with E-state index >= 15 is 0 Å². The summed E-state index contributed by atoms with van der Waals surface area (Å²) >= 11 is 0. The molecule has 0 aliphatic heterocycles. The second kappa shape index (κ2) is 4.28. The zero-order valence-corrected chi connectivity index (χ0v) is 10.2. The Balaban J connectivity index is 2.26. The molecule has 0 heterocycles. The smallest absolute Gasteiger partial charge is 0.340 e. The van der Waals surface area contributed by atoms with Crippen LogP contribution in [0, 0.1) is 0 Å². The van der Waals surface area contributed by atoms with Crippen molar-refractivity contribution in [2.24, 2.45) is 0 Å². The molecule has 0 spiro atoms. The maximum Gasteiger partial charge on any atom is 0.340 e. The number of nitrogens with one attached hydrogen (secondary N) is 1. The lowest BCUT2D eigenvalue weighted by Crippen LogP contribution is -2.41. The van der Waals surface area contributed by atoms with Crippen LogP contribution in [0.4, 0.5) is 11.4 Å². The van der Waals surface area contributed by atoms with Crippen LogP contribution in [-0.4, -0.2) is 18.6 Å². The molecule has 4 nitrogen and oxygen atoms in total. The summed E-state index contributed by atoms with van der Waals surface area (Å²) in [5.41, 5.74) is 7.79. The fourth-order valence-electron chi connectivity index (χ4n) is 2.12. The molecule has 0 amide bonds. The zero-order valence-electron chi connectivity index (χ0n) is 10.2. The Morgan fingerprint density at radius 2 is 2.18 bits per heavy atom. The van der Waals surface area contributed by atoms with Crippen LogP contribution >= 0.6 is 0 Å². The van der Waals surface area contributed by atoms with E-state index in [1.807, 2.05) is 12.1 Å². The lowest BCUT2D eigenvalue weighted by molar-refractivity contribution is 0.0602. The van der Waals surface area contributed by atoms with Gasteiger partial charge in [0.1, 0.15) is 0 Å². The normalized spacial score (nSPS) is 17.1. The minimum Gasteiger partial charge on any atom is -0.465 e. The summed E-state index contributed by atoms with van der Waals surface area (Å²) in [4.78, 5) is 11.5. The van der Waals surface area contributed by atoms with Crippen molar-refractivity contribution in [1.29, 1.82) is 0 Å². The number of para-hydroxylation sites is 1. The Morgan fingerprint density at radius 1 is 1.47 bits per heavy atom. The SMILES string of the molecule is COC(=O)c1cccc(NC2(C)CCC2)c1N. The Bertz CT molecular complexity index is 439. The van der Waals surface area contributed by atoms with Crippen LogP contribution in [0.25, 0.3) is 0 Å². The molecular formula is C13H18N2O2. The first kappa shape index (κ1) is 11.8. The molecule has 0 bridgehead atoms. The van der Waals surface area contributed by atoms with E-state index in [1.54, 1.807) is 6.07 Å². The number of rotatable bonds is 3. The van der Waals surface area contributed by atoms with E-state index < -0.39 is 5.97 Å². The standard InChI is InChI=1S/C13H18N2O2/c1-13(7-4-8-13)15-10-6-3-5-9(11(10)14)12(16)17-2/h3,5-6,15H,4,7-8,14H2,1-2H3. The van der Waals surface area contributed by atoms with Gasteiger partial charge in [-0.05, 0) is 38.3 Å². The Morgan fingerprint density at radius 3 is 2.71 bits per heavy atom. The maximum atomic E-state index is 11.5. The number of methoxy groups -OCH3 is 1. The van der Waals surface area contributed by atoms with E-state index in [1.165, 1.54) is 13.5 Å². The molecule has 0 unspecified atom stereocenters. The fourth-order valence-corrected chi connectivity index (χ4v) is 2.12. The second-order valence-electron chi connectivity index (χ2n) is 4.80. The quantitative estimate of drug-likeness (QED) is 0.622. The zero-order chi connectivity index (χ0) is 12.5. The van der Waals surface area contributed by atoms with Crippen molar-refractivity contribution >= 4 is 17.3 Å². The second-order valence-corrected chi connectivity index (χ2v) is 4.80. The average molecular weight is 234 g/mol. The fraction of sp³-hybridized carbons (Fsp3) is 0.462. The number of benzene rings is 1. The number of hydrogen-bond donors (Lipinski definition) is 2. The molecule has 1 saturated carbocycles. The van der Waals surface area contributed by atoms with E-state index in [2.05, 4.69) is 12.2 Å². The molecule has 1 aromatic rings. The number of carbonyl (C=O) groups is 1. The monoisotopic (exact) mass is 234 g/mol. The third-order valence-corrected chi connectivity index (χ3v) is 3.40. The maximum absolute atomic E-state index is 11.5. The molecule has 3 N–H and O–H groups in total. The molecule has 1 fully saturated rings. The van der Waals surface area contributed by atoms with E-state index in [0.29, 0.717) is 11.3 Å².